The van der Waals surface area contributed by atoms with Crippen molar-refractivity contribution >= 4 is 17.7 Å². The summed E-state index contributed by atoms with van der Waals surface area (Å²) in [4.78, 5) is 16.4. The molecule has 5 nitrogen and oxygen atoms in total. The lowest BCUT2D eigenvalue weighted by atomic mass is 10.00. The zero-order chi connectivity index (χ0) is 22.0. The molecule has 0 fully saturated rings. The third-order valence-electron chi connectivity index (χ3n) is 4.88. The van der Waals surface area contributed by atoms with Crippen molar-refractivity contribution in [2.45, 2.75) is 13.8 Å². The molecule has 4 aromatic rings. The van der Waals surface area contributed by atoms with Crippen molar-refractivity contribution in [1.82, 2.24) is 14.8 Å². The fourth-order valence-electron chi connectivity index (χ4n) is 3.52. The number of hydrogen-bond donors (Lipinski definition) is 1. The maximum atomic E-state index is 14.8. The highest BCUT2D eigenvalue weighted by molar-refractivity contribution is 6.22. The van der Waals surface area contributed by atoms with E-state index in [9.17, 15) is 9.18 Å². The van der Waals surface area contributed by atoms with E-state index in [4.69, 9.17) is 5.73 Å². The molecule has 0 saturated heterocycles. The first-order valence-corrected chi connectivity index (χ1v) is 9.77. The Morgan fingerprint density at radius 1 is 0.968 bits per heavy atom. The van der Waals surface area contributed by atoms with Crippen molar-refractivity contribution in [3.05, 3.63) is 95.6 Å². The van der Waals surface area contributed by atoms with Crippen LogP contribution in [0.15, 0.2) is 73.1 Å². The van der Waals surface area contributed by atoms with Gasteiger partial charge in [0.25, 0.3) is 5.91 Å². The maximum Gasteiger partial charge on any atom is 0.250 e. The third-order valence-corrected chi connectivity index (χ3v) is 4.88. The minimum atomic E-state index is -0.685. The molecule has 0 aliphatic rings. The van der Waals surface area contributed by atoms with E-state index >= 15 is 0 Å². The van der Waals surface area contributed by atoms with Gasteiger partial charge in [-0.05, 0) is 43.2 Å². The van der Waals surface area contributed by atoms with Crippen LogP contribution in [-0.4, -0.2) is 20.7 Å². The monoisotopic (exact) mass is 412 g/mol. The van der Waals surface area contributed by atoms with Crippen molar-refractivity contribution in [2.24, 2.45) is 5.73 Å². The zero-order valence-electron chi connectivity index (χ0n) is 17.2. The molecule has 0 unspecified atom stereocenters. The van der Waals surface area contributed by atoms with Gasteiger partial charge in [0.05, 0.1) is 5.57 Å². The number of halogens is 1. The number of carbonyl (C=O) groups is 1. The van der Waals surface area contributed by atoms with Gasteiger partial charge in [0.2, 0.25) is 0 Å². The van der Waals surface area contributed by atoms with Gasteiger partial charge in [-0.1, -0.05) is 59.7 Å². The Kier molecular flexibility index (Phi) is 5.45. The van der Waals surface area contributed by atoms with Gasteiger partial charge in [-0.25, -0.2) is 14.1 Å². The van der Waals surface area contributed by atoms with Crippen molar-refractivity contribution in [2.75, 3.05) is 0 Å². The molecule has 154 valence electrons. The lowest BCUT2D eigenvalue weighted by molar-refractivity contribution is -0.112. The molecule has 0 saturated carbocycles. The SMILES string of the molecule is Cc1cc(C)cc(-c2ncn(/C=C(\C(N)=O)c3ccc(-c4ccccc4)c(F)c3)n2)c1. The highest BCUT2D eigenvalue weighted by Crippen LogP contribution is 2.26. The molecule has 0 spiro atoms. The summed E-state index contributed by atoms with van der Waals surface area (Å²) in [5.74, 6) is -0.599. The van der Waals surface area contributed by atoms with Crippen LogP contribution < -0.4 is 5.73 Å². The molecule has 0 bridgehead atoms. The molecular formula is C25H21FN4O. The van der Waals surface area contributed by atoms with Crippen molar-refractivity contribution in [3.63, 3.8) is 0 Å². The second kappa shape index (κ2) is 8.36. The molecule has 1 heterocycles. The molecule has 0 radical (unpaired) electrons. The van der Waals surface area contributed by atoms with E-state index in [1.54, 1.807) is 12.1 Å². The highest BCUT2D eigenvalue weighted by Gasteiger charge is 2.14. The Morgan fingerprint density at radius 2 is 1.68 bits per heavy atom. The maximum absolute atomic E-state index is 14.8. The molecule has 4 rings (SSSR count). The summed E-state index contributed by atoms with van der Waals surface area (Å²) >= 11 is 0. The van der Waals surface area contributed by atoms with E-state index in [-0.39, 0.29) is 5.57 Å². The van der Waals surface area contributed by atoms with Crippen LogP contribution >= 0.6 is 0 Å². The minimum Gasteiger partial charge on any atom is -0.366 e. The topological polar surface area (TPSA) is 73.8 Å². The minimum absolute atomic E-state index is 0.135. The molecule has 0 aliphatic heterocycles. The first kappa shape index (κ1) is 20.2. The van der Waals surface area contributed by atoms with Crippen LogP contribution in [0, 0.1) is 19.7 Å². The van der Waals surface area contributed by atoms with E-state index < -0.39 is 11.7 Å². The molecule has 31 heavy (non-hydrogen) atoms. The Bertz CT molecular complexity index is 1270. The van der Waals surface area contributed by atoms with E-state index in [1.165, 1.54) is 23.3 Å². The van der Waals surface area contributed by atoms with Gasteiger partial charge in [0.15, 0.2) is 5.82 Å². The number of benzene rings is 3. The van der Waals surface area contributed by atoms with E-state index in [0.29, 0.717) is 17.0 Å². The Balaban J connectivity index is 1.69. The van der Waals surface area contributed by atoms with Gasteiger partial charge >= 0.3 is 0 Å². The van der Waals surface area contributed by atoms with Crippen molar-refractivity contribution in [3.8, 4) is 22.5 Å². The van der Waals surface area contributed by atoms with Crippen LogP contribution in [0.1, 0.15) is 16.7 Å². The number of aryl methyl sites for hydroxylation is 2. The average Bonchev–Trinajstić information content (AvgIpc) is 3.20. The number of rotatable bonds is 5. The van der Waals surface area contributed by atoms with Crippen LogP contribution in [-0.2, 0) is 4.79 Å². The Hall–Kier alpha value is -4.06. The van der Waals surface area contributed by atoms with Crippen molar-refractivity contribution in [1.29, 1.82) is 0 Å². The van der Waals surface area contributed by atoms with Gasteiger partial charge < -0.3 is 5.73 Å². The Morgan fingerprint density at radius 3 is 2.32 bits per heavy atom. The largest absolute Gasteiger partial charge is 0.366 e. The second-order valence-corrected chi connectivity index (χ2v) is 7.39. The first-order chi connectivity index (χ1) is 14.9. The van der Waals surface area contributed by atoms with Gasteiger partial charge in [0.1, 0.15) is 12.1 Å². The summed E-state index contributed by atoms with van der Waals surface area (Å²) in [5.41, 5.74) is 10.4. The first-order valence-electron chi connectivity index (χ1n) is 9.77. The lowest BCUT2D eigenvalue weighted by Crippen LogP contribution is -2.14. The van der Waals surface area contributed by atoms with Crippen LogP contribution in [0.2, 0.25) is 0 Å². The van der Waals surface area contributed by atoms with Gasteiger partial charge in [0, 0.05) is 17.3 Å². The van der Waals surface area contributed by atoms with E-state index in [2.05, 4.69) is 16.1 Å². The fourth-order valence-corrected chi connectivity index (χ4v) is 3.52. The number of amides is 1. The summed E-state index contributed by atoms with van der Waals surface area (Å²) in [6.45, 7) is 4.01. The fraction of sp³-hybridized carbons (Fsp3) is 0.0800. The molecule has 1 aromatic heterocycles. The summed E-state index contributed by atoms with van der Waals surface area (Å²) in [6, 6.07) is 19.9. The summed E-state index contributed by atoms with van der Waals surface area (Å²) in [6.07, 6.45) is 2.95. The average molecular weight is 412 g/mol. The summed E-state index contributed by atoms with van der Waals surface area (Å²) in [7, 11) is 0. The lowest BCUT2D eigenvalue weighted by Gasteiger charge is -2.08. The summed E-state index contributed by atoms with van der Waals surface area (Å²) in [5, 5.41) is 4.43. The van der Waals surface area contributed by atoms with Crippen LogP contribution in [0.3, 0.4) is 0 Å². The molecule has 3 aromatic carbocycles. The Labute approximate surface area is 179 Å². The van der Waals surface area contributed by atoms with Gasteiger partial charge in [-0.15, -0.1) is 5.10 Å². The van der Waals surface area contributed by atoms with E-state index in [1.807, 2.05) is 56.3 Å². The molecule has 0 aliphatic carbocycles. The predicted molar refractivity (Wildman–Crippen MR) is 120 cm³/mol. The highest BCUT2D eigenvalue weighted by atomic mass is 19.1. The molecular weight excluding hydrogens is 391 g/mol. The van der Waals surface area contributed by atoms with Gasteiger partial charge in [-0.2, -0.15) is 0 Å². The quantitative estimate of drug-likeness (QED) is 0.476. The molecule has 2 N–H and O–H groups in total. The normalized spacial score (nSPS) is 11.5. The number of hydrogen-bond acceptors (Lipinski definition) is 3. The number of carbonyl (C=O) groups excluding carboxylic acids is 1. The number of nitrogens with two attached hydrogens (primary N) is 1. The van der Waals surface area contributed by atoms with Crippen LogP contribution in [0.4, 0.5) is 4.39 Å². The number of aromatic nitrogens is 3. The van der Waals surface area contributed by atoms with Crippen LogP contribution in [0.5, 0.6) is 0 Å². The molecule has 1 amide bonds. The second-order valence-electron chi connectivity index (χ2n) is 7.39. The molecule has 6 heteroatoms. The third kappa shape index (κ3) is 4.43. The predicted octanol–water partition coefficient (Wildman–Crippen LogP) is 4.85. The van der Waals surface area contributed by atoms with Crippen molar-refractivity contribution < 1.29 is 9.18 Å². The number of nitrogens with zero attached hydrogens (tertiary/aromatic N) is 3. The summed E-state index contributed by atoms with van der Waals surface area (Å²) < 4.78 is 16.2. The molecule has 0 atom stereocenters. The van der Waals surface area contributed by atoms with Crippen LogP contribution in [0.25, 0.3) is 34.3 Å². The standard InChI is InChI=1S/C25H21FN4O/c1-16-10-17(2)12-20(11-16)25-28-15-30(29-25)14-22(24(27)31)19-8-9-21(23(26)13-19)18-6-4-3-5-7-18/h3-15H,1-2H3,(H2,27,31)/b22-14-. The zero-order valence-corrected chi connectivity index (χ0v) is 17.2. The smallest absolute Gasteiger partial charge is 0.250 e. The van der Waals surface area contributed by atoms with E-state index in [0.717, 1.165) is 22.3 Å². The van der Waals surface area contributed by atoms with Gasteiger partial charge in [-0.3, -0.25) is 4.79 Å². The number of primary amides is 1.